The van der Waals surface area contributed by atoms with Crippen LogP contribution in [0.15, 0.2) is 34.0 Å². The molecule has 2 aromatic rings. The molecule has 24 heavy (non-hydrogen) atoms. The van der Waals surface area contributed by atoms with Gasteiger partial charge in [0.25, 0.3) is 8.68 Å². The van der Waals surface area contributed by atoms with Crippen molar-refractivity contribution in [2.75, 3.05) is 0 Å². The first-order valence-corrected chi connectivity index (χ1v) is 8.21. The minimum atomic E-state index is -2.00. The van der Waals surface area contributed by atoms with Gasteiger partial charge in [-0.3, -0.25) is 9.36 Å². The quantitative estimate of drug-likeness (QED) is 0.694. The van der Waals surface area contributed by atoms with Gasteiger partial charge in [0.2, 0.25) is 0 Å². The van der Waals surface area contributed by atoms with Gasteiger partial charge in [0.1, 0.15) is 11.6 Å². The molecule has 0 aliphatic heterocycles. The standard InChI is InChI=1S/C13H4Cl4N4O2S/c14-9-3-7(4-18)1-2-10(9)20-6-8(5-19)11(22)21(12(20)23)24-13(15,16)17/h1-3,6H. The van der Waals surface area contributed by atoms with Gasteiger partial charge in [-0.05, 0) is 18.2 Å². The molecule has 1 heterocycles. The van der Waals surface area contributed by atoms with Gasteiger partial charge in [-0.25, -0.2) is 4.79 Å². The zero-order valence-corrected chi connectivity index (χ0v) is 15.2. The normalized spacial score (nSPS) is 10.9. The summed E-state index contributed by atoms with van der Waals surface area (Å²) in [4.78, 5) is 24.7. The minimum absolute atomic E-state index is 0.0733. The lowest BCUT2D eigenvalue weighted by Crippen LogP contribution is -2.38. The van der Waals surface area contributed by atoms with Crippen LogP contribution in [-0.4, -0.2) is 11.7 Å². The van der Waals surface area contributed by atoms with Crippen molar-refractivity contribution in [2.24, 2.45) is 0 Å². The number of aromatic nitrogens is 2. The SMILES string of the molecule is N#Cc1ccc(-n2cc(C#N)c(=O)n(SC(Cl)(Cl)Cl)c2=O)c(Cl)c1. The molecule has 11 heteroatoms. The van der Waals surface area contributed by atoms with Crippen molar-refractivity contribution >= 4 is 58.4 Å². The molecular weight excluding hydrogens is 418 g/mol. The number of nitrogens with zero attached hydrogens (tertiary/aromatic N) is 4. The Morgan fingerprint density at radius 2 is 1.79 bits per heavy atom. The Labute approximate surface area is 159 Å². The van der Waals surface area contributed by atoms with Gasteiger partial charge in [-0.2, -0.15) is 14.5 Å². The van der Waals surface area contributed by atoms with E-state index in [0.29, 0.717) is 15.9 Å². The molecule has 0 unspecified atom stereocenters. The molecule has 6 nitrogen and oxygen atoms in total. The monoisotopic (exact) mass is 420 g/mol. The fraction of sp³-hybridized carbons (Fsp3) is 0.0769. The van der Waals surface area contributed by atoms with Crippen molar-refractivity contribution in [1.82, 2.24) is 8.54 Å². The number of hydrogen-bond acceptors (Lipinski definition) is 5. The van der Waals surface area contributed by atoms with Crippen LogP contribution in [-0.2, 0) is 0 Å². The van der Waals surface area contributed by atoms with Gasteiger partial charge in [0, 0.05) is 18.1 Å². The van der Waals surface area contributed by atoms with E-state index >= 15 is 0 Å². The smallest absolute Gasteiger partial charge is 0.267 e. The maximum atomic E-state index is 12.5. The molecule has 0 saturated heterocycles. The predicted molar refractivity (Wildman–Crippen MR) is 94.0 cm³/mol. The Balaban J connectivity index is 2.80. The summed E-state index contributed by atoms with van der Waals surface area (Å²) in [6, 6.07) is 7.74. The summed E-state index contributed by atoms with van der Waals surface area (Å²) in [5.41, 5.74) is -1.70. The summed E-state index contributed by atoms with van der Waals surface area (Å²) in [5, 5.41) is 18.0. The molecule has 0 bridgehead atoms. The molecule has 122 valence electrons. The highest BCUT2D eigenvalue weighted by molar-refractivity contribution is 8.03. The molecule has 0 spiro atoms. The average molecular weight is 422 g/mol. The lowest BCUT2D eigenvalue weighted by atomic mass is 10.2. The Morgan fingerprint density at radius 3 is 2.29 bits per heavy atom. The molecule has 0 atom stereocenters. The molecule has 1 aromatic heterocycles. The third kappa shape index (κ3) is 3.89. The van der Waals surface area contributed by atoms with E-state index in [4.69, 9.17) is 56.9 Å². The maximum absolute atomic E-state index is 12.5. The summed E-state index contributed by atoms with van der Waals surface area (Å²) >= 11 is 23.2. The fourth-order valence-electron chi connectivity index (χ4n) is 1.74. The number of nitriles is 2. The van der Waals surface area contributed by atoms with Crippen molar-refractivity contribution in [2.45, 2.75) is 3.12 Å². The molecule has 0 radical (unpaired) electrons. The first-order chi connectivity index (χ1) is 11.2. The van der Waals surface area contributed by atoms with Crippen LogP contribution in [0.25, 0.3) is 5.69 Å². The van der Waals surface area contributed by atoms with Crippen LogP contribution in [0.2, 0.25) is 5.02 Å². The van der Waals surface area contributed by atoms with E-state index < -0.39 is 14.4 Å². The van der Waals surface area contributed by atoms with E-state index in [1.165, 1.54) is 18.2 Å². The van der Waals surface area contributed by atoms with Crippen molar-refractivity contribution < 1.29 is 0 Å². The molecule has 0 saturated carbocycles. The highest BCUT2D eigenvalue weighted by atomic mass is 35.6. The second-order valence-electron chi connectivity index (χ2n) is 4.22. The summed E-state index contributed by atoms with van der Waals surface area (Å²) in [5.74, 6) is 0. The predicted octanol–water partition coefficient (Wildman–Crippen LogP) is 3.22. The van der Waals surface area contributed by atoms with Crippen LogP contribution >= 0.6 is 58.4 Å². The van der Waals surface area contributed by atoms with Crippen LogP contribution in [0.5, 0.6) is 0 Å². The van der Waals surface area contributed by atoms with Crippen LogP contribution < -0.4 is 11.2 Å². The van der Waals surface area contributed by atoms with Crippen molar-refractivity contribution in [1.29, 1.82) is 10.5 Å². The Morgan fingerprint density at radius 1 is 1.12 bits per heavy atom. The van der Waals surface area contributed by atoms with Crippen molar-refractivity contribution in [3.05, 3.63) is 61.4 Å². The Bertz CT molecular complexity index is 1010. The molecule has 0 fully saturated rings. The van der Waals surface area contributed by atoms with Crippen molar-refractivity contribution in [3.63, 3.8) is 0 Å². The van der Waals surface area contributed by atoms with Crippen LogP contribution in [0.3, 0.4) is 0 Å². The van der Waals surface area contributed by atoms with E-state index in [1.807, 2.05) is 6.07 Å². The summed E-state index contributed by atoms with van der Waals surface area (Å²) in [7, 11) is 0. The Hall–Kier alpha value is -1.61. The van der Waals surface area contributed by atoms with Crippen LogP contribution in [0, 0.1) is 22.7 Å². The van der Waals surface area contributed by atoms with Gasteiger partial charge < -0.3 is 0 Å². The van der Waals surface area contributed by atoms with Crippen LogP contribution in [0.4, 0.5) is 0 Å². The number of hydrogen-bond donors (Lipinski definition) is 0. The Kier molecular flexibility index (Phi) is 5.54. The van der Waals surface area contributed by atoms with Crippen molar-refractivity contribution in [3.8, 4) is 17.8 Å². The van der Waals surface area contributed by atoms with Gasteiger partial charge in [0.05, 0.1) is 22.3 Å². The average Bonchev–Trinajstić information content (AvgIpc) is 2.51. The zero-order valence-electron chi connectivity index (χ0n) is 11.3. The molecule has 2 rings (SSSR count). The van der Waals surface area contributed by atoms with Crippen LogP contribution in [0.1, 0.15) is 11.1 Å². The zero-order chi connectivity index (χ0) is 18.1. The first-order valence-electron chi connectivity index (χ1n) is 5.93. The van der Waals surface area contributed by atoms with E-state index in [9.17, 15) is 9.59 Å². The lowest BCUT2D eigenvalue weighted by Gasteiger charge is -2.14. The van der Waals surface area contributed by atoms with E-state index in [1.54, 1.807) is 6.07 Å². The third-order valence-corrected chi connectivity index (χ3v) is 4.34. The summed E-state index contributed by atoms with van der Waals surface area (Å²) in [6.07, 6.45) is 1.04. The molecule has 1 aromatic carbocycles. The lowest BCUT2D eigenvalue weighted by molar-refractivity contribution is 0.857. The topological polar surface area (TPSA) is 91.6 Å². The fourth-order valence-corrected chi connectivity index (χ4v) is 3.19. The largest absolute Gasteiger partial charge is 0.346 e. The second-order valence-corrected chi connectivity index (χ2v) is 8.74. The number of alkyl halides is 3. The van der Waals surface area contributed by atoms with E-state index in [2.05, 4.69) is 0 Å². The van der Waals surface area contributed by atoms with Gasteiger partial charge in [-0.15, -0.1) is 0 Å². The first kappa shape index (κ1) is 18.7. The molecule has 0 amide bonds. The van der Waals surface area contributed by atoms with E-state index in [-0.39, 0.29) is 21.8 Å². The minimum Gasteiger partial charge on any atom is -0.267 e. The highest BCUT2D eigenvalue weighted by Crippen LogP contribution is 2.38. The second kappa shape index (κ2) is 7.10. The molecule has 0 aliphatic carbocycles. The summed E-state index contributed by atoms with van der Waals surface area (Å²) < 4.78 is -0.476. The highest BCUT2D eigenvalue weighted by Gasteiger charge is 2.26. The van der Waals surface area contributed by atoms with Gasteiger partial charge in [-0.1, -0.05) is 46.4 Å². The van der Waals surface area contributed by atoms with Gasteiger partial charge >= 0.3 is 5.69 Å². The molecule has 0 aliphatic rings. The third-order valence-electron chi connectivity index (χ3n) is 2.70. The number of benzene rings is 1. The summed E-state index contributed by atoms with van der Waals surface area (Å²) in [6.45, 7) is 0. The van der Waals surface area contributed by atoms with E-state index in [0.717, 1.165) is 10.8 Å². The van der Waals surface area contributed by atoms with Gasteiger partial charge in [0.15, 0.2) is 0 Å². The number of rotatable bonds is 2. The number of halogens is 4. The molecular formula is C13H4Cl4N4O2S. The maximum Gasteiger partial charge on any atom is 0.346 e. The molecule has 0 N–H and O–H groups in total.